The van der Waals surface area contributed by atoms with Gasteiger partial charge in [-0.1, -0.05) is 5.16 Å². The maximum absolute atomic E-state index is 12.9. The number of hydrogen-bond donors (Lipinski definition) is 2. The summed E-state index contributed by atoms with van der Waals surface area (Å²) in [5.74, 6) is 2.34. The van der Waals surface area contributed by atoms with Crippen molar-refractivity contribution in [2.24, 2.45) is 0 Å². The average Bonchev–Trinajstić information content (AvgIpc) is 3.51. The molecular formula is C25H29N7O3. The molecule has 1 unspecified atom stereocenters. The summed E-state index contributed by atoms with van der Waals surface area (Å²) in [6.07, 6.45) is 3.63. The van der Waals surface area contributed by atoms with Gasteiger partial charge in [-0.05, 0) is 55.5 Å². The second-order valence-electron chi connectivity index (χ2n) is 8.85. The lowest BCUT2D eigenvalue weighted by atomic mass is 10.0. The topological polar surface area (TPSA) is 112 Å². The first-order valence-corrected chi connectivity index (χ1v) is 11.7. The molecule has 2 amide bonds. The number of aryl methyl sites for hydroxylation is 1. The van der Waals surface area contributed by atoms with Crippen LogP contribution in [0.5, 0.6) is 5.75 Å². The van der Waals surface area contributed by atoms with E-state index in [9.17, 15) is 4.79 Å². The van der Waals surface area contributed by atoms with Gasteiger partial charge in [-0.3, -0.25) is 0 Å². The van der Waals surface area contributed by atoms with Crippen molar-refractivity contribution >= 4 is 22.8 Å². The van der Waals surface area contributed by atoms with E-state index in [1.807, 2.05) is 56.4 Å². The zero-order valence-electron chi connectivity index (χ0n) is 19.9. The van der Waals surface area contributed by atoms with Crippen molar-refractivity contribution in [3.05, 3.63) is 65.8 Å². The molecule has 10 nitrogen and oxygen atoms in total. The van der Waals surface area contributed by atoms with Gasteiger partial charge in [-0.15, -0.1) is 5.10 Å². The van der Waals surface area contributed by atoms with Crippen LogP contribution in [0, 0.1) is 6.92 Å². The number of rotatable bonds is 7. The number of carbonyl (C=O) groups is 1. The summed E-state index contributed by atoms with van der Waals surface area (Å²) in [5, 5.41) is 16.2. The number of H-pyrrole nitrogens is 1. The van der Waals surface area contributed by atoms with Gasteiger partial charge in [-0.25, -0.2) is 4.79 Å². The number of nitrogens with one attached hydrogen (secondary N) is 2. The van der Waals surface area contributed by atoms with Crippen LogP contribution in [0.1, 0.15) is 30.0 Å². The molecule has 2 N–H and O–H groups in total. The fourth-order valence-electron chi connectivity index (χ4n) is 4.40. The van der Waals surface area contributed by atoms with E-state index in [0.29, 0.717) is 13.2 Å². The second kappa shape index (κ2) is 10.0. The number of fused-ring (bicyclic) bond motifs is 1. The molecule has 4 aromatic rings. The van der Waals surface area contributed by atoms with Crippen LogP contribution in [0.4, 0.5) is 10.6 Å². The molecule has 10 heteroatoms. The van der Waals surface area contributed by atoms with Crippen LogP contribution in [0.3, 0.4) is 0 Å². The second-order valence-corrected chi connectivity index (χ2v) is 8.85. The van der Waals surface area contributed by atoms with Gasteiger partial charge >= 0.3 is 6.03 Å². The number of piperidine rings is 1. The van der Waals surface area contributed by atoms with Gasteiger partial charge in [0.05, 0.1) is 12.6 Å². The van der Waals surface area contributed by atoms with Crippen LogP contribution in [0.25, 0.3) is 10.9 Å². The Balaban J connectivity index is 1.16. The first-order chi connectivity index (χ1) is 17.0. The third-order valence-corrected chi connectivity index (χ3v) is 6.29. The van der Waals surface area contributed by atoms with Crippen molar-refractivity contribution in [3.8, 4) is 5.75 Å². The van der Waals surface area contributed by atoms with Gasteiger partial charge in [0, 0.05) is 49.7 Å². The molecule has 35 heavy (non-hydrogen) atoms. The summed E-state index contributed by atoms with van der Waals surface area (Å²) in [6.45, 7) is 4.26. The van der Waals surface area contributed by atoms with E-state index in [1.54, 1.807) is 11.1 Å². The van der Waals surface area contributed by atoms with Crippen LogP contribution >= 0.6 is 0 Å². The zero-order chi connectivity index (χ0) is 24.2. The molecule has 1 aliphatic rings. The molecule has 0 aliphatic carbocycles. The van der Waals surface area contributed by atoms with Gasteiger partial charge in [0.1, 0.15) is 23.8 Å². The maximum Gasteiger partial charge on any atom is 0.317 e. The molecule has 182 valence electrons. The Morgan fingerprint density at radius 3 is 3.03 bits per heavy atom. The lowest BCUT2D eigenvalue weighted by Crippen LogP contribution is -2.51. The number of anilines is 1. The Hall–Kier alpha value is -4.08. The standard InChI is InChI=1S/C25H29N7O3/c1-17-11-20(30-35-17)16-34-22-8-7-18-12-19(28-23(18)13-22)14-26-25(33)31(2)21-5-4-10-32(15-21)24-6-3-9-27-29-24/h3,6-9,11-13,21,28H,4-5,10,14-16H2,1-2H3,(H,26,33). The van der Waals surface area contributed by atoms with Crippen molar-refractivity contribution in [1.82, 2.24) is 30.6 Å². The van der Waals surface area contributed by atoms with Crippen molar-refractivity contribution < 1.29 is 14.1 Å². The van der Waals surface area contributed by atoms with Crippen molar-refractivity contribution in [3.63, 3.8) is 0 Å². The van der Waals surface area contributed by atoms with Gasteiger partial charge in [0.2, 0.25) is 0 Å². The third kappa shape index (κ3) is 5.37. The Kier molecular flexibility index (Phi) is 6.51. The van der Waals surface area contributed by atoms with E-state index in [1.165, 1.54) is 0 Å². The molecule has 1 aromatic carbocycles. The molecule has 0 bridgehead atoms. The lowest BCUT2D eigenvalue weighted by Gasteiger charge is -2.37. The Labute approximate surface area is 203 Å². The molecule has 4 heterocycles. The molecule has 1 atom stereocenters. The Bertz CT molecular complexity index is 1290. The fourth-order valence-corrected chi connectivity index (χ4v) is 4.40. The molecule has 1 saturated heterocycles. The van der Waals surface area contributed by atoms with Gasteiger partial charge in [0.25, 0.3) is 0 Å². The molecule has 0 spiro atoms. The van der Waals surface area contributed by atoms with Crippen molar-refractivity contribution in [2.75, 3.05) is 25.0 Å². The number of urea groups is 1. The zero-order valence-corrected chi connectivity index (χ0v) is 19.9. The summed E-state index contributed by atoms with van der Waals surface area (Å²) in [4.78, 5) is 20.2. The number of aromatic nitrogens is 4. The summed E-state index contributed by atoms with van der Waals surface area (Å²) in [5.41, 5.74) is 2.62. The summed E-state index contributed by atoms with van der Waals surface area (Å²) in [7, 11) is 1.85. The van der Waals surface area contributed by atoms with E-state index in [-0.39, 0.29) is 12.1 Å². The number of hydrogen-bond acceptors (Lipinski definition) is 7. The molecular weight excluding hydrogens is 446 g/mol. The minimum absolute atomic E-state index is 0.0958. The summed E-state index contributed by atoms with van der Waals surface area (Å²) in [6, 6.07) is 13.6. The first-order valence-electron chi connectivity index (χ1n) is 11.7. The van der Waals surface area contributed by atoms with Gasteiger partial charge < -0.3 is 29.4 Å². The maximum atomic E-state index is 12.9. The highest BCUT2D eigenvalue weighted by atomic mass is 16.5. The predicted molar refractivity (Wildman–Crippen MR) is 131 cm³/mol. The highest BCUT2D eigenvalue weighted by Crippen LogP contribution is 2.23. The largest absolute Gasteiger partial charge is 0.487 e. The highest BCUT2D eigenvalue weighted by Gasteiger charge is 2.27. The molecule has 1 aliphatic heterocycles. The first kappa shape index (κ1) is 22.7. The predicted octanol–water partition coefficient (Wildman–Crippen LogP) is 3.64. The third-order valence-electron chi connectivity index (χ3n) is 6.29. The molecule has 0 radical (unpaired) electrons. The number of carbonyl (C=O) groups excluding carboxylic acids is 1. The van der Waals surface area contributed by atoms with E-state index in [0.717, 1.165) is 65.5 Å². The Morgan fingerprint density at radius 2 is 2.23 bits per heavy atom. The van der Waals surface area contributed by atoms with Crippen LogP contribution in [-0.2, 0) is 13.2 Å². The molecule has 3 aromatic heterocycles. The summed E-state index contributed by atoms with van der Waals surface area (Å²) < 4.78 is 10.9. The number of aromatic amines is 1. The van der Waals surface area contributed by atoms with E-state index < -0.39 is 0 Å². The SMILES string of the molecule is Cc1cc(COc2ccc3cc(CNC(=O)N(C)C4CCCN(c5cccnn5)C4)[nH]c3c2)no1. The van der Waals surface area contributed by atoms with Crippen molar-refractivity contribution in [2.45, 2.75) is 39.0 Å². The van der Waals surface area contributed by atoms with E-state index >= 15 is 0 Å². The monoisotopic (exact) mass is 475 g/mol. The minimum Gasteiger partial charge on any atom is -0.487 e. The smallest absolute Gasteiger partial charge is 0.317 e. The van der Waals surface area contributed by atoms with Gasteiger partial charge in [0.15, 0.2) is 5.82 Å². The lowest BCUT2D eigenvalue weighted by molar-refractivity contribution is 0.182. The number of amides is 2. The highest BCUT2D eigenvalue weighted by molar-refractivity contribution is 5.82. The number of ether oxygens (including phenoxy) is 1. The van der Waals surface area contributed by atoms with Crippen molar-refractivity contribution in [1.29, 1.82) is 0 Å². The molecule has 5 rings (SSSR count). The van der Waals surface area contributed by atoms with Gasteiger partial charge in [-0.2, -0.15) is 5.10 Å². The van der Waals surface area contributed by atoms with E-state index in [2.05, 4.69) is 30.6 Å². The quantitative estimate of drug-likeness (QED) is 0.420. The van der Waals surface area contributed by atoms with Crippen LogP contribution < -0.4 is 15.0 Å². The minimum atomic E-state index is -0.0958. The summed E-state index contributed by atoms with van der Waals surface area (Å²) >= 11 is 0. The molecule has 0 saturated carbocycles. The normalized spacial score (nSPS) is 15.8. The van der Waals surface area contributed by atoms with Crippen LogP contribution in [0.15, 0.2) is 53.2 Å². The number of nitrogens with zero attached hydrogens (tertiary/aromatic N) is 5. The Morgan fingerprint density at radius 1 is 1.31 bits per heavy atom. The number of likely N-dealkylation sites (N-methyl/N-ethyl adjacent to an activating group) is 1. The van der Waals surface area contributed by atoms with E-state index in [4.69, 9.17) is 9.26 Å². The number of benzene rings is 1. The molecule has 1 fully saturated rings. The average molecular weight is 476 g/mol. The van der Waals surface area contributed by atoms with Crippen LogP contribution in [0.2, 0.25) is 0 Å². The van der Waals surface area contributed by atoms with Crippen LogP contribution in [-0.4, -0.2) is 57.4 Å². The fraction of sp³-hybridized carbons (Fsp3) is 0.360.